The number of hydrogen-bond donors (Lipinski definition) is 1. The maximum absolute atomic E-state index is 6.19. The zero-order chi connectivity index (χ0) is 11.7. The standard InChI is InChI=1S/C15H15NO.ClH/c16-13-10-15(11-6-2-1-3-7-11)17-14-9-5-4-8-12(13)14;/h1-9,13,15H,10,16H2;1H. The van der Waals surface area contributed by atoms with Gasteiger partial charge in [-0.25, -0.2) is 0 Å². The Labute approximate surface area is 113 Å². The number of rotatable bonds is 1. The van der Waals surface area contributed by atoms with Crippen molar-refractivity contribution in [1.82, 2.24) is 0 Å². The summed E-state index contributed by atoms with van der Waals surface area (Å²) in [6.45, 7) is 0. The average molecular weight is 262 g/mol. The lowest BCUT2D eigenvalue weighted by molar-refractivity contribution is 0.161. The van der Waals surface area contributed by atoms with Crippen molar-refractivity contribution in [3.63, 3.8) is 0 Å². The lowest BCUT2D eigenvalue weighted by Crippen LogP contribution is -2.23. The van der Waals surface area contributed by atoms with Crippen molar-refractivity contribution in [3.05, 3.63) is 65.7 Å². The number of para-hydroxylation sites is 1. The zero-order valence-corrected chi connectivity index (χ0v) is 10.8. The van der Waals surface area contributed by atoms with E-state index in [1.807, 2.05) is 42.5 Å². The van der Waals surface area contributed by atoms with Crippen LogP contribution in [0.4, 0.5) is 0 Å². The molecule has 0 aromatic heterocycles. The van der Waals surface area contributed by atoms with E-state index in [0.29, 0.717) is 0 Å². The fourth-order valence-corrected chi connectivity index (χ4v) is 2.32. The SMILES string of the molecule is Cl.NC1CC(c2ccccc2)Oc2ccccc21. The molecule has 0 saturated heterocycles. The lowest BCUT2D eigenvalue weighted by Gasteiger charge is -2.30. The second-order valence-electron chi connectivity index (χ2n) is 4.40. The third-order valence-corrected chi connectivity index (χ3v) is 3.23. The van der Waals surface area contributed by atoms with Gasteiger partial charge in [0.15, 0.2) is 0 Å². The molecule has 3 rings (SSSR count). The van der Waals surface area contributed by atoms with Crippen molar-refractivity contribution in [2.24, 2.45) is 5.73 Å². The van der Waals surface area contributed by atoms with Crippen LogP contribution in [-0.2, 0) is 0 Å². The minimum atomic E-state index is 0. The van der Waals surface area contributed by atoms with Crippen LogP contribution in [-0.4, -0.2) is 0 Å². The van der Waals surface area contributed by atoms with Crippen LogP contribution in [0.3, 0.4) is 0 Å². The van der Waals surface area contributed by atoms with Gasteiger partial charge in [-0.15, -0.1) is 12.4 Å². The molecule has 2 unspecified atom stereocenters. The molecule has 0 bridgehead atoms. The van der Waals surface area contributed by atoms with Crippen molar-refractivity contribution < 1.29 is 4.74 Å². The molecule has 94 valence electrons. The predicted molar refractivity (Wildman–Crippen MR) is 75.0 cm³/mol. The van der Waals surface area contributed by atoms with Gasteiger partial charge in [0.1, 0.15) is 11.9 Å². The molecule has 1 aliphatic heterocycles. The number of halogens is 1. The summed E-state index contributed by atoms with van der Waals surface area (Å²) < 4.78 is 6.01. The van der Waals surface area contributed by atoms with Gasteiger partial charge in [-0.3, -0.25) is 0 Å². The van der Waals surface area contributed by atoms with Gasteiger partial charge in [-0.05, 0) is 11.6 Å². The summed E-state index contributed by atoms with van der Waals surface area (Å²) in [5.41, 5.74) is 8.50. The number of ether oxygens (including phenoxy) is 1. The van der Waals surface area contributed by atoms with Gasteiger partial charge in [0.05, 0.1) is 0 Å². The quantitative estimate of drug-likeness (QED) is 0.851. The lowest BCUT2D eigenvalue weighted by atomic mass is 9.94. The van der Waals surface area contributed by atoms with E-state index in [9.17, 15) is 0 Å². The predicted octanol–water partition coefficient (Wildman–Crippen LogP) is 3.63. The Bertz CT molecular complexity index is 515. The molecule has 0 fully saturated rings. The Kier molecular flexibility index (Phi) is 3.90. The normalized spacial score (nSPS) is 21.4. The summed E-state index contributed by atoms with van der Waals surface area (Å²) in [5, 5.41) is 0. The molecule has 18 heavy (non-hydrogen) atoms. The minimum absolute atomic E-state index is 0. The minimum Gasteiger partial charge on any atom is -0.485 e. The first-order chi connectivity index (χ1) is 8.34. The van der Waals surface area contributed by atoms with Gasteiger partial charge < -0.3 is 10.5 Å². The molecule has 2 nitrogen and oxygen atoms in total. The van der Waals surface area contributed by atoms with Gasteiger partial charge >= 0.3 is 0 Å². The number of fused-ring (bicyclic) bond motifs is 1. The Balaban J connectivity index is 0.00000120. The van der Waals surface area contributed by atoms with E-state index in [1.54, 1.807) is 0 Å². The molecule has 2 atom stereocenters. The molecule has 1 aliphatic rings. The second-order valence-corrected chi connectivity index (χ2v) is 4.40. The van der Waals surface area contributed by atoms with E-state index in [-0.39, 0.29) is 24.6 Å². The van der Waals surface area contributed by atoms with Crippen molar-refractivity contribution in [3.8, 4) is 5.75 Å². The molecule has 0 spiro atoms. The first kappa shape index (κ1) is 12.9. The molecule has 2 aromatic carbocycles. The van der Waals surface area contributed by atoms with Gasteiger partial charge in [-0.2, -0.15) is 0 Å². The van der Waals surface area contributed by atoms with E-state index in [4.69, 9.17) is 10.5 Å². The largest absolute Gasteiger partial charge is 0.485 e. The molecule has 0 saturated carbocycles. The van der Waals surface area contributed by atoms with Gasteiger partial charge in [0.25, 0.3) is 0 Å². The molecule has 1 heterocycles. The molecular formula is C15H16ClNO. The van der Waals surface area contributed by atoms with Crippen LogP contribution in [0.2, 0.25) is 0 Å². The summed E-state index contributed by atoms with van der Waals surface area (Å²) in [7, 11) is 0. The summed E-state index contributed by atoms with van der Waals surface area (Å²) in [4.78, 5) is 0. The van der Waals surface area contributed by atoms with Gasteiger partial charge in [0, 0.05) is 18.0 Å². The molecular weight excluding hydrogens is 246 g/mol. The molecule has 2 aromatic rings. The van der Waals surface area contributed by atoms with Crippen LogP contribution in [0.1, 0.15) is 29.7 Å². The van der Waals surface area contributed by atoms with Crippen LogP contribution in [0.5, 0.6) is 5.75 Å². The summed E-state index contributed by atoms with van der Waals surface area (Å²) in [6, 6.07) is 18.3. The Morgan fingerprint density at radius 2 is 1.61 bits per heavy atom. The third kappa shape index (κ3) is 2.35. The molecule has 0 aliphatic carbocycles. The summed E-state index contributed by atoms with van der Waals surface area (Å²) in [6.07, 6.45) is 0.905. The topological polar surface area (TPSA) is 35.2 Å². The Morgan fingerprint density at radius 1 is 0.944 bits per heavy atom. The van der Waals surface area contributed by atoms with Crippen molar-refractivity contribution in [2.75, 3.05) is 0 Å². The van der Waals surface area contributed by atoms with E-state index in [0.717, 1.165) is 17.7 Å². The Morgan fingerprint density at radius 3 is 2.39 bits per heavy atom. The van der Waals surface area contributed by atoms with E-state index in [2.05, 4.69) is 12.1 Å². The maximum Gasteiger partial charge on any atom is 0.126 e. The summed E-state index contributed by atoms with van der Waals surface area (Å²) in [5.74, 6) is 0.917. The number of benzene rings is 2. The van der Waals surface area contributed by atoms with Crippen LogP contribution in [0, 0.1) is 0 Å². The van der Waals surface area contributed by atoms with Crippen LogP contribution in [0.15, 0.2) is 54.6 Å². The zero-order valence-electron chi connectivity index (χ0n) is 9.95. The molecule has 3 heteroatoms. The van der Waals surface area contributed by atoms with Crippen molar-refractivity contribution >= 4 is 12.4 Å². The van der Waals surface area contributed by atoms with Crippen LogP contribution < -0.4 is 10.5 Å². The number of hydrogen-bond acceptors (Lipinski definition) is 2. The third-order valence-electron chi connectivity index (χ3n) is 3.23. The number of nitrogens with two attached hydrogens (primary N) is 1. The first-order valence-electron chi connectivity index (χ1n) is 5.91. The van der Waals surface area contributed by atoms with E-state index >= 15 is 0 Å². The van der Waals surface area contributed by atoms with Crippen molar-refractivity contribution in [1.29, 1.82) is 0 Å². The van der Waals surface area contributed by atoms with Gasteiger partial charge in [0.2, 0.25) is 0 Å². The molecule has 0 radical (unpaired) electrons. The van der Waals surface area contributed by atoms with Crippen molar-refractivity contribution in [2.45, 2.75) is 18.6 Å². The fraction of sp³-hybridized carbons (Fsp3) is 0.200. The highest BCUT2D eigenvalue weighted by Gasteiger charge is 2.26. The highest BCUT2D eigenvalue weighted by atomic mass is 35.5. The second kappa shape index (κ2) is 5.42. The van der Waals surface area contributed by atoms with E-state index in [1.165, 1.54) is 5.56 Å². The monoisotopic (exact) mass is 261 g/mol. The van der Waals surface area contributed by atoms with Crippen LogP contribution in [0.25, 0.3) is 0 Å². The molecule has 2 N–H and O–H groups in total. The smallest absolute Gasteiger partial charge is 0.126 e. The highest BCUT2D eigenvalue weighted by Crippen LogP contribution is 2.39. The highest BCUT2D eigenvalue weighted by molar-refractivity contribution is 5.85. The average Bonchev–Trinajstić information content (AvgIpc) is 2.40. The maximum atomic E-state index is 6.19. The Hall–Kier alpha value is -1.51. The first-order valence-corrected chi connectivity index (χ1v) is 5.91. The van der Waals surface area contributed by atoms with Gasteiger partial charge in [-0.1, -0.05) is 48.5 Å². The van der Waals surface area contributed by atoms with Crippen LogP contribution >= 0.6 is 12.4 Å². The molecule has 0 amide bonds. The van der Waals surface area contributed by atoms with E-state index < -0.39 is 0 Å². The fourth-order valence-electron chi connectivity index (χ4n) is 2.32. The summed E-state index contributed by atoms with van der Waals surface area (Å²) >= 11 is 0.